The lowest BCUT2D eigenvalue weighted by Crippen LogP contribution is -2.25. The van der Waals surface area contributed by atoms with E-state index in [1.165, 1.54) is 11.3 Å². The van der Waals surface area contributed by atoms with Crippen LogP contribution in [0.25, 0.3) is 0 Å². The Hall–Kier alpha value is -3.00. The van der Waals surface area contributed by atoms with Gasteiger partial charge in [0.15, 0.2) is 12.4 Å². The molecular formula is C21H22N2O5S. The summed E-state index contributed by atoms with van der Waals surface area (Å²) < 4.78 is 4.93. The molecule has 3 rings (SSSR count). The average molecular weight is 414 g/mol. The van der Waals surface area contributed by atoms with Gasteiger partial charge in [0.1, 0.15) is 0 Å². The third-order valence-electron chi connectivity index (χ3n) is 4.26. The molecule has 2 amide bonds. The molecule has 0 bridgehead atoms. The van der Waals surface area contributed by atoms with Crippen LogP contribution in [0.3, 0.4) is 0 Å². The second kappa shape index (κ2) is 9.47. The molecule has 1 saturated carbocycles. The number of Topliss-reactive ketones (excluding diaryl/α,β-unsaturated/α-hetero) is 1. The monoisotopic (exact) mass is 414 g/mol. The SMILES string of the molecule is Cc1ccc(C(=O)CCC(=O)OCC(=O)Nc2cccc(C(=O)NC3CC3)c2)s1. The molecule has 0 saturated heterocycles. The fourth-order valence-corrected chi connectivity index (χ4v) is 3.41. The van der Waals surface area contributed by atoms with Crippen LogP contribution in [0, 0.1) is 6.92 Å². The zero-order chi connectivity index (χ0) is 20.8. The van der Waals surface area contributed by atoms with Crippen molar-refractivity contribution in [2.75, 3.05) is 11.9 Å². The van der Waals surface area contributed by atoms with Crippen LogP contribution in [0.1, 0.15) is 50.6 Å². The van der Waals surface area contributed by atoms with Gasteiger partial charge in [-0.25, -0.2) is 0 Å². The number of thiophene rings is 1. The largest absolute Gasteiger partial charge is 0.456 e. The van der Waals surface area contributed by atoms with E-state index in [1.54, 1.807) is 30.3 Å². The molecule has 8 heteroatoms. The molecule has 2 aromatic rings. The number of aryl methyl sites for hydroxylation is 1. The molecule has 0 radical (unpaired) electrons. The number of hydrogen-bond acceptors (Lipinski definition) is 6. The van der Waals surface area contributed by atoms with Crippen molar-refractivity contribution in [3.63, 3.8) is 0 Å². The van der Waals surface area contributed by atoms with Gasteiger partial charge in [-0.1, -0.05) is 6.07 Å². The molecule has 0 atom stereocenters. The van der Waals surface area contributed by atoms with E-state index < -0.39 is 18.5 Å². The van der Waals surface area contributed by atoms with E-state index >= 15 is 0 Å². The quantitative estimate of drug-likeness (QED) is 0.485. The number of anilines is 1. The molecule has 1 heterocycles. The summed E-state index contributed by atoms with van der Waals surface area (Å²) in [6.45, 7) is 1.45. The number of benzene rings is 1. The van der Waals surface area contributed by atoms with Gasteiger partial charge in [-0.2, -0.15) is 0 Å². The molecule has 152 valence electrons. The minimum Gasteiger partial charge on any atom is -0.456 e. The van der Waals surface area contributed by atoms with E-state index in [2.05, 4.69) is 10.6 Å². The number of hydrogen-bond donors (Lipinski definition) is 2. The number of nitrogens with one attached hydrogen (secondary N) is 2. The highest BCUT2D eigenvalue weighted by molar-refractivity contribution is 7.14. The van der Waals surface area contributed by atoms with Gasteiger partial charge in [-0.3, -0.25) is 19.2 Å². The molecule has 1 fully saturated rings. The van der Waals surface area contributed by atoms with Gasteiger partial charge in [-0.15, -0.1) is 11.3 Å². The lowest BCUT2D eigenvalue weighted by Gasteiger charge is -2.08. The van der Waals surface area contributed by atoms with E-state index in [1.807, 2.05) is 13.0 Å². The van der Waals surface area contributed by atoms with Crippen molar-refractivity contribution in [1.82, 2.24) is 5.32 Å². The first kappa shape index (κ1) is 20.7. The van der Waals surface area contributed by atoms with Crippen molar-refractivity contribution < 1.29 is 23.9 Å². The number of ketones is 1. The summed E-state index contributed by atoms with van der Waals surface area (Å²) in [7, 11) is 0. The molecule has 1 aliphatic carbocycles. The molecule has 7 nitrogen and oxygen atoms in total. The summed E-state index contributed by atoms with van der Waals surface area (Å²) in [5, 5.41) is 5.47. The van der Waals surface area contributed by atoms with Crippen LogP contribution in [0.5, 0.6) is 0 Å². The molecule has 2 N–H and O–H groups in total. The molecular weight excluding hydrogens is 392 g/mol. The van der Waals surface area contributed by atoms with Crippen LogP contribution in [0.15, 0.2) is 36.4 Å². The van der Waals surface area contributed by atoms with Gasteiger partial charge < -0.3 is 15.4 Å². The highest BCUT2D eigenvalue weighted by atomic mass is 32.1. The molecule has 1 aromatic heterocycles. The number of ether oxygens (including phenoxy) is 1. The molecule has 0 aliphatic heterocycles. The van der Waals surface area contributed by atoms with E-state index in [0.717, 1.165) is 17.7 Å². The molecule has 1 aromatic carbocycles. The maximum Gasteiger partial charge on any atom is 0.306 e. The second-order valence-electron chi connectivity index (χ2n) is 6.87. The number of esters is 1. The second-order valence-corrected chi connectivity index (χ2v) is 8.16. The van der Waals surface area contributed by atoms with Crippen molar-refractivity contribution >= 4 is 40.6 Å². The molecule has 29 heavy (non-hydrogen) atoms. The Morgan fingerprint density at radius 2 is 1.90 bits per heavy atom. The molecule has 1 aliphatic rings. The van der Waals surface area contributed by atoms with Crippen LogP contribution in [0.2, 0.25) is 0 Å². The third-order valence-corrected chi connectivity index (χ3v) is 5.30. The maximum atomic E-state index is 12.1. The highest BCUT2D eigenvalue weighted by Gasteiger charge is 2.23. The zero-order valence-corrected chi connectivity index (χ0v) is 16.8. The summed E-state index contributed by atoms with van der Waals surface area (Å²) in [6.07, 6.45) is 1.94. The normalized spacial score (nSPS) is 12.9. The number of carbonyl (C=O) groups excluding carboxylic acids is 4. The minimum atomic E-state index is -0.612. The van der Waals surface area contributed by atoms with Crippen molar-refractivity contribution in [3.8, 4) is 0 Å². The van der Waals surface area contributed by atoms with Crippen molar-refractivity contribution in [1.29, 1.82) is 0 Å². The van der Waals surface area contributed by atoms with Crippen LogP contribution in [-0.2, 0) is 14.3 Å². The Balaban J connectivity index is 1.40. The Kier molecular flexibility index (Phi) is 6.77. The third kappa shape index (κ3) is 6.53. The van der Waals surface area contributed by atoms with Gasteiger partial charge >= 0.3 is 5.97 Å². The maximum absolute atomic E-state index is 12.1. The summed E-state index contributed by atoms with van der Waals surface area (Å²) in [6, 6.07) is 10.4. The standard InChI is InChI=1S/C21H22N2O5S/c1-13-5-9-18(29-13)17(24)8-10-20(26)28-12-19(25)22-16-4-2-3-14(11-16)21(27)23-15-6-7-15/h2-5,9,11,15H,6-8,10,12H2,1H3,(H,22,25)(H,23,27). The lowest BCUT2D eigenvalue weighted by molar-refractivity contribution is -0.147. The fraction of sp³-hybridized carbons (Fsp3) is 0.333. The van der Waals surface area contributed by atoms with Gasteiger partial charge in [0, 0.05) is 28.6 Å². The number of carbonyl (C=O) groups is 4. The average Bonchev–Trinajstić information content (AvgIpc) is 3.41. The Morgan fingerprint density at radius 1 is 1.10 bits per heavy atom. The van der Waals surface area contributed by atoms with E-state index in [9.17, 15) is 19.2 Å². The summed E-state index contributed by atoms with van der Waals surface area (Å²) in [4.78, 5) is 49.5. The first-order valence-corrected chi connectivity index (χ1v) is 10.2. The van der Waals surface area contributed by atoms with Crippen molar-refractivity contribution in [3.05, 3.63) is 51.7 Å². The van der Waals surface area contributed by atoms with Gasteiger partial charge in [-0.05, 0) is 50.1 Å². The van der Waals surface area contributed by atoms with E-state index in [-0.39, 0.29) is 30.6 Å². The predicted octanol–water partition coefficient (Wildman–Crippen LogP) is 3.09. The van der Waals surface area contributed by atoms with Crippen molar-refractivity contribution in [2.24, 2.45) is 0 Å². The first-order valence-electron chi connectivity index (χ1n) is 9.37. The van der Waals surface area contributed by atoms with Crippen LogP contribution in [0.4, 0.5) is 5.69 Å². The number of rotatable bonds is 9. The number of amides is 2. The highest BCUT2D eigenvalue weighted by Crippen LogP contribution is 2.20. The van der Waals surface area contributed by atoms with Crippen LogP contribution in [-0.4, -0.2) is 36.2 Å². The Morgan fingerprint density at radius 3 is 2.59 bits per heavy atom. The van der Waals surface area contributed by atoms with Gasteiger partial charge in [0.05, 0.1) is 11.3 Å². The summed E-state index contributed by atoms with van der Waals surface area (Å²) in [5.41, 5.74) is 0.895. The predicted molar refractivity (Wildman–Crippen MR) is 109 cm³/mol. The zero-order valence-electron chi connectivity index (χ0n) is 16.0. The smallest absolute Gasteiger partial charge is 0.306 e. The summed E-state index contributed by atoms with van der Waals surface area (Å²) in [5.74, 6) is -1.43. The van der Waals surface area contributed by atoms with Gasteiger partial charge in [0.2, 0.25) is 0 Å². The van der Waals surface area contributed by atoms with Crippen LogP contribution >= 0.6 is 11.3 Å². The molecule has 0 spiro atoms. The fourth-order valence-electron chi connectivity index (χ4n) is 2.57. The topological polar surface area (TPSA) is 102 Å². The Bertz CT molecular complexity index is 933. The van der Waals surface area contributed by atoms with E-state index in [0.29, 0.717) is 16.1 Å². The summed E-state index contributed by atoms with van der Waals surface area (Å²) >= 11 is 1.38. The van der Waals surface area contributed by atoms with E-state index in [4.69, 9.17) is 4.74 Å². The lowest BCUT2D eigenvalue weighted by atomic mass is 10.2. The van der Waals surface area contributed by atoms with Crippen LogP contribution < -0.4 is 10.6 Å². The first-order chi connectivity index (χ1) is 13.9. The van der Waals surface area contributed by atoms with Crippen molar-refractivity contribution in [2.45, 2.75) is 38.6 Å². The molecule has 0 unspecified atom stereocenters. The Labute approximate surface area is 172 Å². The van der Waals surface area contributed by atoms with Gasteiger partial charge in [0.25, 0.3) is 11.8 Å². The minimum absolute atomic E-state index is 0.0402.